The van der Waals surface area contributed by atoms with E-state index in [0.717, 1.165) is 11.3 Å². The lowest BCUT2D eigenvalue weighted by atomic mass is 9.74. The highest BCUT2D eigenvalue weighted by Gasteiger charge is 2.44. The lowest BCUT2D eigenvalue weighted by Gasteiger charge is -2.26. The van der Waals surface area contributed by atoms with Gasteiger partial charge in [-0.3, -0.25) is 4.79 Å². The molecule has 0 bridgehead atoms. The maximum Gasteiger partial charge on any atom is 0.235 e. The molecule has 0 spiro atoms. The van der Waals surface area contributed by atoms with Gasteiger partial charge in [-0.05, 0) is 36.6 Å². The number of fused-ring (bicyclic) bond motifs is 1. The number of halogens is 1. The number of anilines is 1. The highest BCUT2D eigenvalue weighted by molar-refractivity contribution is 6.31. The standard InChI is InChI=1S/C12H14ClNO/c1-7(2)12(3)9-6-8(13)4-5-10(9)14-11(12)15/h4-7H,1-3H3,(H,14,15)/t12-/m1/s1. The Hall–Kier alpha value is -1.02. The Bertz CT molecular complexity index is 428. The van der Waals surface area contributed by atoms with Gasteiger partial charge in [-0.15, -0.1) is 0 Å². The summed E-state index contributed by atoms with van der Waals surface area (Å²) in [4.78, 5) is 12.0. The van der Waals surface area contributed by atoms with Crippen LogP contribution in [0.25, 0.3) is 0 Å². The molecule has 0 aromatic heterocycles. The maximum absolute atomic E-state index is 12.0. The minimum Gasteiger partial charge on any atom is -0.325 e. The molecule has 0 saturated heterocycles. The van der Waals surface area contributed by atoms with Crippen molar-refractivity contribution in [3.8, 4) is 0 Å². The molecule has 3 heteroatoms. The number of benzene rings is 1. The Balaban J connectivity index is 2.63. The average molecular weight is 224 g/mol. The van der Waals surface area contributed by atoms with Crippen molar-refractivity contribution in [3.05, 3.63) is 28.8 Å². The molecule has 1 aliphatic rings. The summed E-state index contributed by atoms with van der Waals surface area (Å²) in [6.07, 6.45) is 0. The second-order valence-corrected chi connectivity index (χ2v) is 4.94. The number of rotatable bonds is 1. The minimum absolute atomic E-state index is 0.0646. The molecule has 0 saturated carbocycles. The predicted octanol–water partition coefficient (Wildman–Crippen LogP) is 3.21. The molecular weight excluding hydrogens is 210 g/mol. The first-order chi connectivity index (χ1) is 6.96. The average Bonchev–Trinajstić information content (AvgIpc) is 2.42. The summed E-state index contributed by atoms with van der Waals surface area (Å²) in [5.41, 5.74) is 1.44. The monoisotopic (exact) mass is 223 g/mol. The van der Waals surface area contributed by atoms with Crippen molar-refractivity contribution in [1.29, 1.82) is 0 Å². The third kappa shape index (κ3) is 1.36. The van der Waals surface area contributed by atoms with Gasteiger partial charge in [0, 0.05) is 10.7 Å². The van der Waals surface area contributed by atoms with Crippen molar-refractivity contribution >= 4 is 23.2 Å². The number of amides is 1. The first kappa shape index (κ1) is 10.5. The van der Waals surface area contributed by atoms with Gasteiger partial charge >= 0.3 is 0 Å². The molecule has 2 nitrogen and oxygen atoms in total. The van der Waals surface area contributed by atoms with Crippen LogP contribution in [-0.4, -0.2) is 5.91 Å². The Morgan fingerprint density at radius 3 is 2.67 bits per heavy atom. The summed E-state index contributed by atoms with van der Waals surface area (Å²) >= 11 is 5.96. The molecule has 0 aliphatic carbocycles. The van der Waals surface area contributed by atoms with Crippen molar-refractivity contribution in [2.75, 3.05) is 5.32 Å². The first-order valence-electron chi connectivity index (χ1n) is 5.07. The molecule has 1 aromatic rings. The summed E-state index contributed by atoms with van der Waals surface area (Å²) in [6, 6.07) is 5.55. The van der Waals surface area contributed by atoms with Crippen LogP contribution in [0.1, 0.15) is 26.3 Å². The zero-order valence-electron chi connectivity index (χ0n) is 9.10. The molecule has 1 aliphatic heterocycles. The van der Waals surface area contributed by atoms with Gasteiger partial charge in [-0.1, -0.05) is 25.4 Å². The second-order valence-electron chi connectivity index (χ2n) is 4.50. The van der Waals surface area contributed by atoms with Gasteiger partial charge in [0.25, 0.3) is 0 Å². The van der Waals surface area contributed by atoms with Crippen LogP contribution in [0, 0.1) is 5.92 Å². The molecule has 0 unspecified atom stereocenters. The SMILES string of the molecule is CC(C)[C@@]1(C)C(=O)Nc2ccc(Cl)cc21. The van der Waals surface area contributed by atoms with Gasteiger partial charge in [-0.2, -0.15) is 0 Å². The van der Waals surface area contributed by atoms with Crippen LogP contribution in [0.2, 0.25) is 5.02 Å². The van der Waals surface area contributed by atoms with Crippen molar-refractivity contribution < 1.29 is 4.79 Å². The van der Waals surface area contributed by atoms with Crippen LogP contribution in [-0.2, 0) is 10.2 Å². The Kier molecular flexibility index (Phi) is 2.27. The first-order valence-corrected chi connectivity index (χ1v) is 5.45. The molecule has 1 atom stereocenters. The van der Waals surface area contributed by atoms with Crippen LogP contribution in [0.5, 0.6) is 0 Å². The number of hydrogen-bond acceptors (Lipinski definition) is 1. The fourth-order valence-corrected chi connectivity index (χ4v) is 2.17. The zero-order chi connectivity index (χ0) is 11.2. The molecular formula is C12H14ClNO. The van der Waals surface area contributed by atoms with E-state index < -0.39 is 5.41 Å². The van der Waals surface area contributed by atoms with Crippen LogP contribution >= 0.6 is 11.6 Å². The van der Waals surface area contributed by atoms with Gasteiger partial charge in [0.1, 0.15) is 0 Å². The number of nitrogens with one attached hydrogen (secondary N) is 1. The van der Waals surface area contributed by atoms with E-state index in [2.05, 4.69) is 19.2 Å². The summed E-state index contributed by atoms with van der Waals surface area (Å²) < 4.78 is 0. The molecule has 1 amide bonds. The van der Waals surface area contributed by atoms with Crippen LogP contribution in [0.3, 0.4) is 0 Å². The van der Waals surface area contributed by atoms with Gasteiger partial charge in [0.2, 0.25) is 5.91 Å². The summed E-state index contributed by atoms with van der Waals surface area (Å²) in [5.74, 6) is 0.312. The molecule has 0 fully saturated rings. The molecule has 80 valence electrons. The fourth-order valence-electron chi connectivity index (χ4n) is 2.00. The summed E-state index contributed by atoms with van der Waals surface area (Å²) in [7, 11) is 0. The summed E-state index contributed by atoms with van der Waals surface area (Å²) in [6.45, 7) is 6.07. The molecule has 0 radical (unpaired) electrons. The Labute approximate surface area is 94.6 Å². The lowest BCUT2D eigenvalue weighted by molar-refractivity contribution is -0.121. The van der Waals surface area contributed by atoms with Crippen molar-refractivity contribution in [3.63, 3.8) is 0 Å². The van der Waals surface area contributed by atoms with Gasteiger partial charge < -0.3 is 5.32 Å². The number of hydrogen-bond donors (Lipinski definition) is 1. The molecule has 2 rings (SSSR count). The van der Waals surface area contributed by atoms with E-state index >= 15 is 0 Å². The normalized spacial score (nSPS) is 24.2. The van der Waals surface area contributed by atoms with Gasteiger partial charge in [0.05, 0.1) is 5.41 Å². The summed E-state index contributed by atoms with van der Waals surface area (Å²) in [5, 5.41) is 3.58. The third-order valence-electron chi connectivity index (χ3n) is 3.42. The Morgan fingerprint density at radius 1 is 1.40 bits per heavy atom. The number of carbonyl (C=O) groups is 1. The van der Waals surface area contributed by atoms with Crippen LogP contribution in [0.4, 0.5) is 5.69 Å². The van der Waals surface area contributed by atoms with Crippen LogP contribution in [0.15, 0.2) is 18.2 Å². The zero-order valence-corrected chi connectivity index (χ0v) is 9.85. The van der Waals surface area contributed by atoms with E-state index in [1.54, 1.807) is 6.07 Å². The van der Waals surface area contributed by atoms with Gasteiger partial charge in [0.15, 0.2) is 0 Å². The van der Waals surface area contributed by atoms with E-state index in [1.807, 2.05) is 19.1 Å². The Morgan fingerprint density at radius 2 is 2.07 bits per heavy atom. The quantitative estimate of drug-likeness (QED) is 0.778. The molecule has 1 aromatic carbocycles. The van der Waals surface area contributed by atoms with E-state index in [1.165, 1.54) is 0 Å². The molecule has 1 heterocycles. The number of carbonyl (C=O) groups excluding carboxylic acids is 1. The molecule has 1 N–H and O–H groups in total. The van der Waals surface area contributed by atoms with Crippen molar-refractivity contribution in [1.82, 2.24) is 0 Å². The van der Waals surface area contributed by atoms with E-state index in [9.17, 15) is 4.79 Å². The van der Waals surface area contributed by atoms with E-state index in [-0.39, 0.29) is 11.8 Å². The predicted molar refractivity (Wildman–Crippen MR) is 62.3 cm³/mol. The second kappa shape index (κ2) is 3.24. The third-order valence-corrected chi connectivity index (χ3v) is 3.65. The topological polar surface area (TPSA) is 29.1 Å². The van der Waals surface area contributed by atoms with Crippen molar-refractivity contribution in [2.45, 2.75) is 26.2 Å². The van der Waals surface area contributed by atoms with Crippen LogP contribution < -0.4 is 5.32 Å². The van der Waals surface area contributed by atoms with E-state index in [0.29, 0.717) is 5.02 Å². The van der Waals surface area contributed by atoms with E-state index in [4.69, 9.17) is 11.6 Å². The maximum atomic E-state index is 12.0. The largest absolute Gasteiger partial charge is 0.325 e. The fraction of sp³-hybridized carbons (Fsp3) is 0.417. The molecule has 15 heavy (non-hydrogen) atoms. The minimum atomic E-state index is -0.458. The smallest absolute Gasteiger partial charge is 0.235 e. The highest BCUT2D eigenvalue weighted by Crippen LogP contribution is 2.43. The lowest BCUT2D eigenvalue weighted by Crippen LogP contribution is -2.36. The van der Waals surface area contributed by atoms with Gasteiger partial charge in [-0.25, -0.2) is 0 Å². The van der Waals surface area contributed by atoms with Crippen molar-refractivity contribution in [2.24, 2.45) is 5.92 Å². The highest BCUT2D eigenvalue weighted by atomic mass is 35.5.